The van der Waals surface area contributed by atoms with E-state index in [0.29, 0.717) is 0 Å². The van der Waals surface area contributed by atoms with Gasteiger partial charge in [-0.15, -0.1) is 0 Å². The highest BCUT2D eigenvalue weighted by Gasteiger charge is 2.41. The molecule has 0 unspecified atom stereocenters. The largest absolute Gasteiger partial charge is 0.310 e. The lowest BCUT2D eigenvalue weighted by Crippen LogP contribution is -2.17. The summed E-state index contributed by atoms with van der Waals surface area (Å²) in [6.45, 7) is 4.84. The molecule has 0 amide bonds. The Morgan fingerprint density at radius 1 is 0.475 bits per heavy atom. The van der Waals surface area contributed by atoms with Gasteiger partial charge in [0.2, 0.25) is 0 Å². The standard InChI is InChI=1S/C55H38N2S2/c1-55(2)45-33-31-43-42-18-8-9-19-47(42)57(53(43)51(45)44-32-34-50-54(52(44)55)59-49-22-11-10-21-48(49)58-50)40-29-25-36(26-30-40)35-23-27-39(28-24-35)56(38-15-4-3-5-16-38)46-20-12-14-37-13-6-7-17-41(37)46/h3-34H,1-2H3. The molecule has 59 heavy (non-hydrogen) atoms. The molecule has 2 aliphatic rings. The molecule has 0 atom stereocenters. The lowest BCUT2D eigenvalue weighted by molar-refractivity contribution is 0.642. The predicted molar refractivity (Wildman–Crippen MR) is 251 cm³/mol. The van der Waals surface area contributed by atoms with E-state index in [-0.39, 0.29) is 5.41 Å². The molecule has 0 saturated heterocycles. The van der Waals surface area contributed by atoms with E-state index in [1.54, 1.807) is 0 Å². The number of benzene rings is 9. The van der Waals surface area contributed by atoms with Crippen LogP contribution in [0.25, 0.3) is 60.5 Å². The number of fused-ring (bicyclic) bond motifs is 11. The van der Waals surface area contributed by atoms with Crippen molar-refractivity contribution in [1.29, 1.82) is 0 Å². The van der Waals surface area contributed by atoms with Crippen LogP contribution in [0.4, 0.5) is 17.1 Å². The molecule has 0 radical (unpaired) electrons. The SMILES string of the molecule is CC1(C)c2ccc3c4ccccc4n(-c4ccc(-c5ccc(N(c6ccccc6)c6cccc7ccccc67)cc5)cc4)c3c2-c2ccc3c(c21)Sc1ccccc1S3. The summed E-state index contributed by atoms with van der Waals surface area (Å²) in [7, 11) is 0. The second-order valence-electron chi connectivity index (χ2n) is 16.1. The van der Waals surface area contributed by atoms with Gasteiger partial charge in [0, 0.05) is 63.8 Å². The van der Waals surface area contributed by atoms with Crippen LogP contribution in [0.15, 0.2) is 214 Å². The third-order valence-corrected chi connectivity index (χ3v) is 15.0. The molecular weight excluding hydrogens is 753 g/mol. The van der Waals surface area contributed by atoms with E-state index >= 15 is 0 Å². The first-order valence-corrected chi connectivity index (χ1v) is 21.9. The van der Waals surface area contributed by atoms with Gasteiger partial charge in [-0.3, -0.25) is 0 Å². The minimum absolute atomic E-state index is 0.148. The summed E-state index contributed by atoms with van der Waals surface area (Å²) in [6, 6.07) is 71.3. The van der Waals surface area contributed by atoms with Crippen molar-refractivity contribution in [3.63, 3.8) is 0 Å². The highest BCUT2D eigenvalue weighted by molar-refractivity contribution is 8.05. The van der Waals surface area contributed by atoms with Crippen LogP contribution in [0.5, 0.6) is 0 Å². The highest BCUT2D eigenvalue weighted by Crippen LogP contribution is 2.60. The Labute approximate surface area is 352 Å². The molecule has 0 spiro atoms. The van der Waals surface area contributed by atoms with Crippen LogP contribution in [0.3, 0.4) is 0 Å². The number of para-hydroxylation sites is 2. The van der Waals surface area contributed by atoms with Gasteiger partial charge in [-0.05, 0) is 99.9 Å². The summed E-state index contributed by atoms with van der Waals surface area (Å²) in [6.07, 6.45) is 0. The van der Waals surface area contributed by atoms with Crippen molar-refractivity contribution in [2.24, 2.45) is 0 Å². The van der Waals surface area contributed by atoms with Gasteiger partial charge in [0.1, 0.15) is 0 Å². The minimum Gasteiger partial charge on any atom is -0.310 e. The minimum atomic E-state index is -0.148. The third kappa shape index (κ3) is 5.30. The smallest absolute Gasteiger partial charge is 0.0622 e. The summed E-state index contributed by atoms with van der Waals surface area (Å²) >= 11 is 3.85. The summed E-state index contributed by atoms with van der Waals surface area (Å²) in [5.74, 6) is 0. The molecule has 280 valence electrons. The zero-order valence-corrected chi connectivity index (χ0v) is 34.3. The molecule has 2 nitrogen and oxygen atoms in total. The van der Waals surface area contributed by atoms with Crippen LogP contribution < -0.4 is 4.90 Å². The molecule has 1 aliphatic heterocycles. The molecule has 4 heteroatoms. The summed E-state index contributed by atoms with van der Waals surface area (Å²) in [5, 5.41) is 5.03. The molecule has 0 bridgehead atoms. The van der Waals surface area contributed by atoms with Crippen molar-refractivity contribution >= 4 is 73.2 Å². The zero-order valence-electron chi connectivity index (χ0n) is 32.7. The molecule has 1 aliphatic carbocycles. The maximum Gasteiger partial charge on any atom is 0.0622 e. The van der Waals surface area contributed by atoms with E-state index in [1.165, 1.54) is 91.2 Å². The number of aromatic nitrogens is 1. The molecule has 12 rings (SSSR count). The van der Waals surface area contributed by atoms with Gasteiger partial charge in [-0.25, -0.2) is 0 Å². The maximum atomic E-state index is 2.51. The van der Waals surface area contributed by atoms with Crippen molar-refractivity contribution in [3.05, 3.63) is 205 Å². The molecule has 10 aromatic rings. The Morgan fingerprint density at radius 3 is 1.92 bits per heavy atom. The van der Waals surface area contributed by atoms with Gasteiger partial charge >= 0.3 is 0 Å². The van der Waals surface area contributed by atoms with Gasteiger partial charge < -0.3 is 9.47 Å². The second kappa shape index (κ2) is 13.3. The van der Waals surface area contributed by atoms with E-state index in [1.807, 2.05) is 23.5 Å². The van der Waals surface area contributed by atoms with Crippen molar-refractivity contribution < 1.29 is 0 Å². The Morgan fingerprint density at radius 2 is 1.12 bits per heavy atom. The van der Waals surface area contributed by atoms with Crippen LogP contribution >= 0.6 is 23.5 Å². The van der Waals surface area contributed by atoms with Crippen molar-refractivity contribution in [2.45, 2.75) is 38.8 Å². The van der Waals surface area contributed by atoms with E-state index in [0.717, 1.165) is 17.1 Å². The Bertz CT molecular complexity index is 3280. The first-order valence-electron chi connectivity index (χ1n) is 20.3. The van der Waals surface area contributed by atoms with E-state index < -0.39 is 0 Å². The van der Waals surface area contributed by atoms with Gasteiger partial charge in [-0.1, -0.05) is 165 Å². The number of anilines is 3. The maximum absolute atomic E-state index is 2.51. The molecular formula is C55H38N2S2. The lowest BCUT2D eigenvalue weighted by Gasteiger charge is -2.28. The predicted octanol–water partition coefficient (Wildman–Crippen LogP) is 16.0. The average Bonchev–Trinajstić information content (AvgIpc) is 3.75. The molecule has 0 N–H and O–H groups in total. The first-order chi connectivity index (χ1) is 29.0. The topological polar surface area (TPSA) is 8.17 Å². The quantitative estimate of drug-likeness (QED) is 0.172. The number of hydrogen-bond acceptors (Lipinski definition) is 3. The van der Waals surface area contributed by atoms with Gasteiger partial charge in [-0.2, -0.15) is 0 Å². The zero-order chi connectivity index (χ0) is 39.2. The van der Waals surface area contributed by atoms with Crippen LogP contribution in [0.1, 0.15) is 25.0 Å². The van der Waals surface area contributed by atoms with E-state index in [2.05, 4.69) is 217 Å². The number of hydrogen-bond donors (Lipinski definition) is 0. The summed E-state index contributed by atoms with van der Waals surface area (Å²) in [5.41, 5.74) is 14.9. The van der Waals surface area contributed by atoms with Crippen molar-refractivity contribution in [3.8, 4) is 27.9 Å². The van der Waals surface area contributed by atoms with E-state index in [9.17, 15) is 0 Å². The monoisotopic (exact) mass is 790 g/mol. The molecule has 0 saturated carbocycles. The highest BCUT2D eigenvalue weighted by atomic mass is 32.2. The van der Waals surface area contributed by atoms with Crippen molar-refractivity contribution in [1.82, 2.24) is 4.57 Å². The van der Waals surface area contributed by atoms with E-state index in [4.69, 9.17) is 0 Å². The first kappa shape index (κ1) is 34.6. The Kier molecular flexibility index (Phi) is 7.78. The molecule has 2 heterocycles. The van der Waals surface area contributed by atoms with Gasteiger partial charge in [0.05, 0.1) is 16.7 Å². The third-order valence-electron chi connectivity index (χ3n) is 12.4. The molecule has 0 fully saturated rings. The fraction of sp³-hybridized carbons (Fsp3) is 0.0545. The average molecular weight is 791 g/mol. The lowest BCUT2D eigenvalue weighted by atomic mass is 9.82. The summed E-state index contributed by atoms with van der Waals surface area (Å²) < 4.78 is 2.51. The molecule has 9 aromatic carbocycles. The van der Waals surface area contributed by atoms with Crippen LogP contribution in [-0.2, 0) is 5.41 Å². The fourth-order valence-corrected chi connectivity index (χ4v) is 12.2. The second-order valence-corrected chi connectivity index (χ2v) is 18.2. The van der Waals surface area contributed by atoms with Gasteiger partial charge in [0.15, 0.2) is 0 Å². The van der Waals surface area contributed by atoms with Gasteiger partial charge in [0.25, 0.3) is 0 Å². The fourth-order valence-electron chi connectivity index (χ4n) is 9.69. The van der Waals surface area contributed by atoms with Crippen molar-refractivity contribution in [2.75, 3.05) is 4.90 Å². The van der Waals surface area contributed by atoms with Crippen LogP contribution in [0, 0.1) is 0 Å². The number of nitrogens with zero attached hydrogens (tertiary/aromatic N) is 2. The number of rotatable bonds is 5. The Balaban J connectivity index is 0.962. The van der Waals surface area contributed by atoms with Crippen LogP contribution in [0.2, 0.25) is 0 Å². The molecule has 1 aromatic heterocycles. The van der Waals surface area contributed by atoms with Crippen LogP contribution in [-0.4, -0.2) is 4.57 Å². The Hall–Kier alpha value is -6.46. The normalized spacial score (nSPS) is 13.6. The summed E-state index contributed by atoms with van der Waals surface area (Å²) in [4.78, 5) is 7.81.